The van der Waals surface area contributed by atoms with Gasteiger partial charge >= 0.3 is 0 Å². The van der Waals surface area contributed by atoms with Crippen LogP contribution in [0.2, 0.25) is 0 Å². The van der Waals surface area contributed by atoms with Gasteiger partial charge in [0.1, 0.15) is 0 Å². The average Bonchev–Trinajstić information content (AvgIpc) is 2.76. The fourth-order valence-electron chi connectivity index (χ4n) is 1.96. The number of nitrogens with zero attached hydrogens (tertiary/aromatic N) is 2. The minimum absolute atomic E-state index is 0.257. The molecule has 1 N–H and O–H groups in total. The van der Waals surface area contributed by atoms with Crippen molar-refractivity contribution in [3.8, 4) is 5.75 Å². The summed E-state index contributed by atoms with van der Waals surface area (Å²) in [6.45, 7) is 5.24. The number of aromatic amines is 1. The Morgan fingerprint density at radius 3 is 2.79 bits per heavy atom. The molecule has 0 saturated heterocycles. The minimum atomic E-state index is -0.382. The maximum absolute atomic E-state index is 13.6. The number of aromatic nitrogens is 2. The Hall–Kier alpha value is -1.62. The van der Waals surface area contributed by atoms with Gasteiger partial charge in [0, 0.05) is 36.2 Å². The normalized spacial score (nSPS) is 11.7. The Balaban J connectivity index is 2.24. The highest BCUT2D eigenvalue weighted by atomic mass is 19.1. The van der Waals surface area contributed by atoms with Crippen molar-refractivity contribution in [1.82, 2.24) is 15.1 Å². The lowest BCUT2D eigenvalue weighted by molar-refractivity contribution is 0.277. The second-order valence-electron chi connectivity index (χ2n) is 5.03. The first-order valence-corrected chi connectivity index (χ1v) is 6.43. The molecule has 0 atom stereocenters. The van der Waals surface area contributed by atoms with Gasteiger partial charge in [-0.05, 0) is 27.0 Å². The van der Waals surface area contributed by atoms with Crippen molar-refractivity contribution in [2.45, 2.75) is 26.3 Å². The monoisotopic (exact) mass is 265 g/mol. The molecule has 4 nitrogen and oxygen atoms in total. The number of nitrogens with one attached hydrogen (secondary N) is 1. The second kappa shape index (κ2) is 5.57. The highest BCUT2D eigenvalue weighted by Crippen LogP contribution is 2.25. The summed E-state index contributed by atoms with van der Waals surface area (Å²) in [5, 5.41) is 8.05. The molecule has 2 aromatic rings. The quantitative estimate of drug-likeness (QED) is 0.903. The summed E-state index contributed by atoms with van der Waals surface area (Å²) in [6, 6.07) is 3.61. The third-order valence-corrected chi connectivity index (χ3v) is 3.50. The number of halogens is 1. The zero-order valence-electron chi connectivity index (χ0n) is 11.8. The Kier molecular flexibility index (Phi) is 4.04. The van der Waals surface area contributed by atoms with Gasteiger partial charge < -0.3 is 9.64 Å². The van der Waals surface area contributed by atoms with Crippen LogP contribution in [0.1, 0.15) is 19.5 Å². The third kappa shape index (κ3) is 2.87. The number of rotatable bonds is 5. The van der Waals surface area contributed by atoms with E-state index in [2.05, 4.69) is 36.0 Å². The van der Waals surface area contributed by atoms with E-state index in [9.17, 15) is 4.39 Å². The molecule has 0 aliphatic rings. The molecule has 0 amide bonds. The van der Waals surface area contributed by atoms with Crippen molar-refractivity contribution in [3.63, 3.8) is 0 Å². The molecule has 0 saturated carbocycles. The Morgan fingerprint density at radius 2 is 2.16 bits per heavy atom. The summed E-state index contributed by atoms with van der Waals surface area (Å²) in [6.07, 6.45) is 0.847. The van der Waals surface area contributed by atoms with Crippen molar-refractivity contribution in [1.29, 1.82) is 0 Å². The fraction of sp³-hybridized carbons (Fsp3) is 0.500. The largest absolute Gasteiger partial charge is 0.494 e. The fourth-order valence-corrected chi connectivity index (χ4v) is 1.96. The molecule has 19 heavy (non-hydrogen) atoms. The smallest absolute Gasteiger partial charge is 0.167 e. The number of hydrogen-bond donors (Lipinski definition) is 1. The molecule has 2 rings (SSSR count). The number of methoxy groups -OCH3 is 1. The van der Waals surface area contributed by atoms with Gasteiger partial charge in [-0.1, -0.05) is 0 Å². The minimum Gasteiger partial charge on any atom is -0.494 e. The maximum Gasteiger partial charge on any atom is 0.167 e. The Labute approximate surface area is 112 Å². The van der Waals surface area contributed by atoms with Crippen LogP contribution in [0.4, 0.5) is 4.39 Å². The van der Waals surface area contributed by atoms with E-state index >= 15 is 0 Å². The van der Waals surface area contributed by atoms with E-state index in [4.69, 9.17) is 4.74 Å². The maximum atomic E-state index is 13.6. The van der Waals surface area contributed by atoms with Gasteiger partial charge in [-0.15, -0.1) is 0 Å². The van der Waals surface area contributed by atoms with Crippen LogP contribution in [0.25, 0.3) is 10.9 Å². The standard InChI is InChI=1S/C14H20FN3O/c1-9(2)18(3)6-5-12-10-7-14(19-4)11(15)8-13(10)17-16-12/h7-9H,5-6H2,1-4H3,(H,16,17). The summed E-state index contributed by atoms with van der Waals surface area (Å²) in [5.41, 5.74) is 1.65. The lowest BCUT2D eigenvalue weighted by Gasteiger charge is -2.20. The van der Waals surface area contributed by atoms with E-state index in [-0.39, 0.29) is 11.6 Å². The van der Waals surface area contributed by atoms with Crippen LogP contribution in [-0.2, 0) is 6.42 Å². The molecule has 1 aromatic carbocycles. The summed E-state index contributed by atoms with van der Waals surface area (Å²) < 4.78 is 18.6. The van der Waals surface area contributed by atoms with Crippen LogP contribution in [0.3, 0.4) is 0 Å². The Morgan fingerprint density at radius 1 is 1.42 bits per heavy atom. The molecule has 0 spiro atoms. The van der Waals surface area contributed by atoms with Crippen molar-refractivity contribution in [2.75, 3.05) is 20.7 Å². The summed E-state index contributed by atoms with van der Waals surface area (Å²) >= 11 is 0. The van der Waals surface area contributed by atoms with E-state index in [1.165, 1.54) is 13.2 Å². The highest BCUT2D eigenvalue weighted by molar-refractivity contribution is 5.83. The van der Waals surface area contributed by atoms with Crippen LogP contribution in [0, 0.1) is 5.82 Å². The third-order valence-electron chi connectivity index (χ3n) is 3.50. The summed E-state index contributed by atoms with van der Waals surface area (Å²) in [7, 11) is 3.56. The van der Waals surface area contributed by atoms with Gasteiger partial charge in [-0.3, -0.25) is 5.10 Å². The summed E-state index contributed by atoms with van der Waals surface area (Å²) in [5.74, 6) is -0.125. The molecule has 1 aromatic heterocycles. The van der Waals surface area contributed by atoms with Gasteiger partial charge in [-0.2, -0.15) is 5.10 Å². The average molecular weight is 265 g/mol. The molecular formula is C14H20FN3O. The van der Waals surface area contributed by atoms with E-state index in [0.29, 0.717) is 11.6 Å². The van der Waals surface area contributed by atoms with E-state index in [1.807, 2.05) is 0 Å². The van der Waals surface area contributed by atoms with Crippen LogP contribution in [-0.4, -0.2) is 41.8 Å². The number of H-pyrrole nitrogens is 1. The molecule has 0 bridgehead atoms. The van der Waals surface area contributed by atoms with Crippen LogP contribution in [0.15, 0.2) is 12.1 Å². The van der Waals surface area contributed by atoms with E-state index in [1.54, 1.807) is 6.07 Å². The number of fused-ring (bicyclic) bond motifs is 1. The predicted molar refractivity (Wildman–Crippen MR) is 74.1 cm³/mol. The molecule has 0 unspecified atom stereocenters. The molecular weight excluding hydrogens is 245 g/mol. The number of hydrogen-bond acceptors (Lipinski definition) is 3. The molecule has 1 heterocycles. The predicted octanol–water partition coefficient (Wildman–Crippen LogP) is 2.59. The van der Waals surface area contributed by atoms with Gasteiger partial charge in [0.2, 0.25) is 0 Å². The first-order valence-electron chi connectivity index (χ1n) is 6.43. The molecule has 0 aliphatic heterocycles. The molecule has 0 radical (unpaired) electrons. The van der Waals surface area contributed by atoms with Gasteiger partial charge in [-0.25, -0.2) is 4.39 Å². The highest BCUT2D eigenvalue weighted by Gasteiger charge is 2.12. The summed E-state index contributed by atoms with van der Waals surface area (Å²) in [4.78, 5) is 2.26. The zero-order valence-corrected chi connectivity index (χ0v) is 11.8. The van der Waals surface area contributed by atoms with Crippen molar-refractivity contribution in [2.24, 2.45) is 0 Å². The lowest BCUT2D eigenvalue weighted by atomic mass is 10.1. The Bertz CT molecular complexity index is 565. The van der Waals surface area contributed by atoms with E-state index < -0.39 is 0 Å². The topological polar surface area (TPSA) is 41.1 Å². The first-order chi connectivity index (χ1) is 9.02. The van der Waals surface area contributed by atoms with Gasteiger partial charge in [0.15, 0.2) is 11.6 Å². The molecule has 0 aliphatic carbocycles. The molecule has 0 fully saturated rings. The first kappa shape index (κ1) is 13.8. The van der Waals surface area contributed by atoms with Gasteiger partial charge in [0.05, 0.1) is 12.6 Å². The van der Waals surface area contributed by atoms with Crippen LogP contribution in [0.5, 0.6) is 5.75 Å². The van der Waals surface area contributed by atoms with Crippen molar-refractivity contribution in [3.05, 3.63) is 23.6 Å². The lowest BCUT2D eigenvalue weighted by Crippen LogP contribution is -2.28. The molecule has 5 heteroatoms. The van der Waals surface area contributed by atoms with Crippen LogP contribution < -0.4 is 4.74 Å². The van der Waals surface area contributed by atoms with Crippen molar-refractivity contribution < 1.29 is 9.13 Å². The van der Waals surface area contributed by atoms with Crippen molar-refractivity contribution >= 4 is 10.9 Å². The second-order valence-corrected chi connectivity index (χ2v) is 5.03. The zero-order chi connectivity index (χ0) is 14.0. The molecule has 104 valence electrons. The number of benzene rings is 1. The SMILES string of the molecule is COc1cc2c(CCN(C)C(C)C)[nH]nc2cc1F. The number of likely N-dealkylation sites (N-methyl/N-ethyl adjacent to an activating group) is 1. The van der Waals surface area contributed by atoms with Crippen LogP contribution >= 0.6 is 0 Å². The number of ether oxygens (including phenoxy) is 1. The van der Waals surface area contributed by atoms with Gasteiger partial charge in [0.25, 0.3) is 0 Å². The van der Waals surface area contributed by atoms with E-state index in [0.717, 1.165) is 24.0 Å².